The number of aryl methyl sites for hydroxylation is 1. The van der Waals surface area contributed by atoms with Gasteiger partial charge in [-0.1, -0.05) is 35.0 Å². The molecule has 1 fully saturated rings. The summed E-state index contributed by atoms with van der Waals surface area (Å²) in [6, 6.07) is 15.5. The van der Waals surface area contributed by atoms with Gasteiger partial charge in [0.05, 0.1) is 26.8 Å². The van der Waals surface area contributed by atoms with Crippen molar-refractivity contribution in [3.05, 3.63) is 64.3 Å². The van der Waals surface area contributed by atoms with Gasteiger partial charge in [0, 0.05) is 43.9 Å². The Labute approximate surface area is 207 Å². The predicted octanol–water partition coefficient (Wildman–Crippen LogP) is 4.82. The van der Waals surface area contributed by atoms with Crippen LogP contribution in [0, 0.1) is 6.92 Å². The summed E-state index contributed by atoms with van der Waals surface area (Å²) in [5.74, 6) is 1.53. The SMILES string of the molecule is Cc1nc2cc(OC([C@@H](C)O)N3CCN(Cc4cc(-c5ccccc5Cl)no4)CC3)ccc2s1. The molecule has 0 spiro atoms. The number of rotatable bonds is 7. The lowest BCUT2D eigenvalue weighted by Crippen LogP contribution is -2.55. The van der Waals surface area contributed by atoms with Crippen LogP contribution in [-0.4, -0.2) is 63.6 Å². The zero-order valence-electron chi connectivity index (χ0n) is 19.1. The van der Waals surface area contributed by atoms with Gasteiger partial charge in [-0.15, -0.1) is 11.3 Å². The van der Waals surface area contributed by atoms with E-state index in [9.17, 15) is 5.11 Å². The van der Waals surface area contributed by atoms with Crippen LogP contribution in [0.1, 0.15) is 17.7 Å². The molecule has 2 aromatic carbocycles. The van der Waals surface area contributed by atoms with Crippen molar-refractivity contribution in [1.29, 1.82) is 0 Å². The second kappa shape index (κ2) is 10.0. The fourth-order valence-electron chi connectivity index (χ4n) is 4.29. The molecule has 4 aromatic rings. The Balaban J connectivity index is 1.20. The molecule has 0 amide bonds. The Morgan fingerprint density at radius 1 is 1.15 bits per heavy atom. The average Bonchev–Trinajstić information content (AvgIpc) is 3.43. The maximum absolute atomic E-state index is 10.4. The van der Waals surface area contributed by atoms with Crippen molar-refractivity contribution in [2.75, 3.05) is 26.2 Å². The van der Waals surface area contributed by atoms with Gasteiger partial charge >= 0.3 is 0 Å². The highest BCUT2D eigenvalue weighted by Crippen LogP contribution is 2.29. The van der Waals surface area contributed by atoms with Crippen LogP contribution in [0.2, 0.25) is 5.02 Å². The van der Waals surface area contributed by atoms with E-state index in [2.05, 4.69) is 19.9 Å². The first kappa shape index (κ1) is 23.3. The van der Waals surface area contributed by atoms with Crippen molar-refractivity contribution in [2.24, 2.45) is 0 Å². The number of aliphatic hydroxyl groups excluding tert-OH is 1. The first-order chi connectivity index (χ1) is 16.5. The number of hydrogen-bond donors (Lipinski definition) is 1. The van der Waals surface area contributed by atoms with Crippen molar-refractivity contribution in [1.82, 2.24) is 19.9 Å². The quantitative estimate of drug-likeness (QED) is 0.391. The van der Waals surface area contributed by atoms with Crippen LogP contribution in [0.25, 0.3) is 21.5 Å². The lowest BCUT2D eigenvalue weighted by atomic mass is 10.1. The second-order valence-corrected chi connectivity index (χ2v) is 10.2. The fraction of sp³-hybridized carbons (Fsp3) is 0.360. The number of ether oxygens (including phenoxy) is 1. The molecular formula is C25H27ClN4O3S. The van der Waals surface area contributed by atoms with E-state index in [1.54, 1.807) is 18.3 Å². The Hall–Kier alpha value is -2.49. The summed E-state index contributed by atoms with van der Waals surface area (Å²) in [5, 5.41) is 16.3. The number of aromatic nitrogens is 2. The normalized spacial score (nSPS) is 17.2. The number of thiazole rings is 1. The van der Waals surface area contributed by atoms with E-state index >= 15 is 0 Å². The van der Waals surface area contributed by atoms with Crippen molar-refractivity contribution < 1.29 is 14.4 Å². The van der Waals surface area contributed by atoms with Crippen LogP contribution in [0.5, 0.6) is 5.75 Å². The monoisotopic (exact) mass is 498 g/mol. The number of nitrogens with zero attached hydrogens (tertiary/aromatic N) is 4. The Morgan fingerprint density at radius 2 is 1.94 bits per heavy atom. The van der Waals surface area contributed by atoms with Gasteiger partial charge in [-0.05, 0) is 32.0 Å². The number of hydrogen-bond acceptors (Lipinski definition) is 8. The highest BCUT2D eigenvalue weighted by Gasteiger charge is 2.29. The van der Waals surface area contributed by atoms with Crippen molar-refractivity contribution >= 4 is 33.2 Å². The van der Waals surface area contributed by atoms with E-state index < -0.39 is 12.3 Å². The Bertz CT molecular complexity index is 1270. The number of benzene rings is 2. The molecular weight excluding hydrogens is 472 g/mol. The molecule has 0 radical (unpaired) electrons. The third-order valence-electron chi connectivity index (χ3n) is 5.99. The highest BCUT2D eigenvalue weighted by molar-refractivity contribution is 7.18. The zero-order chi connectivity index (χ0) is 23.7. The van der Waals surface area contributed by atoms with Gasteiger partial charge in [0.1, 0.15) is 17.5 Å². The molecule has 9 heteroatoms. The molecule has 1 saturated heterocycles. The van der Waals surface area contributed by atoms with Crippen LogP contribution < -0.4 is 4.74 Å². The van der Waals surface area contributed by atoms with Crippen molar-refractivity contribution in [2.45, 2.75) is 32.7 Å². The maximum Gasteiger partial charge on any atom is 0.178 e. The van der Waals surface area contributed by atoms with Crippen LogP contribution in [0.4, 0.5) is 0 Å². The molecule has 0 saturated carbocycles. The summed E-state index contributed by atoms with van der Waals surface area (Å²) in [5.41, 5.74) is 2.54. The molecule has 1 aliphatic rings. The molecule has 2 aromatic heterocycles. The Morgan fingerprint density at radius 3 is 2.71 bits per heavy atom. The van der Waals surface area contributed by atoms with E-state index in [1.165, 1.54) is 0 Å². The van der Waals surface area contributed by atoms with Gasteiger partial charge in [0.25, 0.3) is 0 Å². The van der Waals surface area contributed by atoms with Gasteiger partial charge < -0.3 is 14.4 Å². The predicted molar refractivity (Wildman–Crippen MR) is 134 cm³/mol. The summed E-state index contributed by atoms with van der Waals surface area (Å²) in [7, 11) is 0. The van der Waals surface area contributed by atoms with Gasteiger partial charge in [-0.2, -0.15) is 0 Å². The number of aliphatic hydroxyl groups is 1. The molecule has 5 rings (SSSR count). The second-order valence-electron chi connectivity index (χ2n) is 8.58. The number of halogens is 1. The third-order valence-corrected chi connectivity index (χ3v) is 7.27. The van der Waals surface area contributed by atoms with E-state index in [-0.39, 0.29) is 0 Å². The standard InChI is InChI=1S/C25H27ClN4O3S/c1-16(31)25(32-18-7-8-24-23(13-18)27-17(2)34-24)30-11-9-29(10-12-30)15-19-14-22(28-33-19)20-5-3-4-6-21(20)26/h3-8,13-14,16,25,31H,9-12,15H2,1-2H3/t16-,25?/m1/s1. The molecule has 2 atom stereocenters. The smallest absolute Gasteiger partial charge is 0.178 e. The first-order valence-corrected chi connectivity index (χ1v) is 12.5. The molecule has 1 N–H and O–H groups in total. The van der Waals surface area contributed by atoms with E-state index in [1.807, 2.05) is 55.5 Å². The van der Waals surface area contributed by atoms with Crippen LogP contribution in [0.15, 0.2) is 53.1 Å². The lowest BCUT2D eigenvalue weighted by Gasteiger charge is -2.39. The van der Waals surface area contributed by atoms with Crippen LogP contribution in [-0.2, 0) is 6.54 Å². The number of fused-ring (bicyclic) bond motifs is 1. The molecule has 1 aliphatic heterocycles. The lowest BCUT2D eigenvalue weighted by molar-refractivity contribution is -0.0756. The minimum absolute atomic E-state index is 0.420. The number of piperazine rings is 1. The van der Waals surface area contributed by atoms with Crippen molar-refractivity contribution in [3.63, 3.8) is 0 Å². The van der Waals surface area contributed by atoms with Gasteiger partial charge in [-0.3, -0.25) is 9.80 Å². The minimum Gasteiger partial charge on any atom is -0.472 e. The molecule has 7 nitrogen and oxygen atoms in total. The van der Waals surface area contributed by atoms with Gasteiger partial charge in [0.15, 0.2) is 12.0 Å². The Kier molecular flexibility index (Phi) is 6.85. The maximum atomic E-state index is 10.4. The molecule has 1 unspecified atom stereocenters. The topological polar surface area (TPSA) is 74.9 Å². The zero-order valence-corrected chi connectivity index (χ0v) is 20.7. The molecule has 34 heavy (non-hydrogen) atoms. The average molecular weight is 499 g/mol. The van der Waals surface area contributed by atoms with Gasteiger partial charge in [0.2, 0.25) is 0 Å². The summed E-state index contributed by atoms with van der Waals surface area (Å²) in [6.45, 7) is 7.66. The molecule has 0 aliphatic carbocycles. The van der Waals surface area contributed by atoms with E-state index in [0.29, 0.717) is 11.6 Å². The summed E-state index contributed by atoms with van der Waals surface area (Å²) in [4.78, 5) is 9.05. The van der Waals surface area contributed by atoms with Crippen LogP contribution in [0.3, 0.4) is 0 Å². The molecule has 0 bridgehead atoms. The largest absolute Gasteiger partial charge is 0.472 e. The molecule has 178 valence electrons. The minimum atomic E-state index is -0.633. The van der Waals surface area contributed by atoms with E-state index in [4.69, 9.17) is 20.9 Å². The third kappa shape index (κ3) is 5.11. The van der Waals surface area contributed by atoms with Crippen molar-refractivity contribution in [3.8, 4) is 17.0 Å². The van der Waals surface area contributed by atoms with Gasteiger partial charge in [-0.25, -0.2) is 4.98 Å². The fourth-order valence-corrected chi connectivity index (χ4v) is 5.33. The summed E-state index contributed by atoms with van der Waals surface area (Å²) in [6.07, 6.45) is -1.05. The summed E-state index contributed by atoms with van der Waals surface area (Å²) >= 11 is 7.95. The summed E-state index contributed by atoms with van der Waals surface area (Å²) < 4.78 is 12.9. The van der Waals surface area contributed by atoms with Crippen LogP contribution >= 0.6 is 22.9 Å². The highest BCUT2D eigenvalue weighted by atomic mass is 35.5. The molecule has 3 heterocycles. The first-order valence-electron chi connectivity index (χ1n) is 11.3. The van der Waals surface area contributed by atoms with E-state index in [0.717, 1.165) is 64.2 Å².